The molecule has 1 heterocycles. The second kappa shape index (κ2) is 9.70. The van der Waals surface area contributed by atoms with Crippen molar-refractivity contribution in [2.24, 2.45) is 5.92 Å². The molecular formula is C27H30N2O6. The molecule has 1 aliphatic heterocycles. The van der Waals surface area contributed by atoms with Crippen LogP contribution in [0.4, 0.5) is 4.79 Å². The summed E-state index contributed by atoms with van der Waals surface area (Å²) in [7, 11) is 0. The van der Waals surface area contributed by atoms with E-state index in [2.05, 4.69) is 17.4 Å². The van der Waals surface area contributed by atoms with Crippen molar-refractivity contribution in [3.05, 3.63) is 59.7 Å². The van der Waals surface area contributed by atoms with E-state index in [1.165, 1.54) is 4.90 Å². The maximum absolute atomic E-state index is 13.4. The predicted octanol–water partition coefficient (Wildman–Crippen LogP) is 3.39. The van der Waals surface area contributed by atoms with Gasteiger partial charge in [0.1, 0.15) is 12.6 Å². The van der Waals surface area contributed by atoms with Crippen molar-refractivity contribution in [1.29, 1.82) is 0 Å². The number of carbonyl (C=O) groups excluding carboxylic acids is 2. The van der Waals surface area contributed by atoms with Crippen molar-refractivity contribution >= 4 is 18.0 Å². The van der Waals surface area contributed by atoms with Crippen LogP contribution in [0.2, 0.25) is 0 Å². The first-order chi connectivity index (χ1) is 16.9. The van der Waals surface area contributed by atoms with Crippen LogP contribution in [-0.2, 0) is 19.1 Å². The third kappa shape index (κ3) is 4.75. The lowest BCUT2D eigenvalue weighted by Gasteiger charge is -2.39. The SMILES string of the molecule is CC1OCCN(C(=O)[C@H](CC2CC2)NC(=O)OCC2c3ccccc3-c3ccccc32)C1C(=O)O. The maximum Gasteiger partial charge on any atom is 0.407 e. The van der Waals surface area contributed by atoms with Gasteiger partial charge in [-0.25, -0.2) is 9.59 Å². The highest BCUT2D eigenvalue weighted by molar-refractivity contribution is 5.90. The Kier molecular flexibility index (Phi) is 6.47. The first kappa shape index (κ1) is 23.4. The van der Waals surface area contributed by atoms with Crippen LogP contribution in [-0.4, -0.2) is 65.9 Å². The summed E-state index contributed by atoms with van der Waals surface area (Å²) in [6.45, 7) is 2.23. The van der Waals surface area contributed by atoms with Crippen molar-refractivity contribution in [2.75, 3.05) is 19.8 Å². The van der Waals surface area contributed by atoms with Gasteiger partial charge in [0.05, 0.1) is 12.7 Å². The van der Waals surface area contributed by atoms with E-state index in [4.69, 9.17) is 9.47 Å². The lowest BCUT2D eigenvalue weighted by Crippen LogP contribution is -2.61. The van der Waals surface area contributed by atoms with Gasteiger partial charge < -0.3 is 24.8 Å². The zero-order valence-electron chi connectivity index (χ0n) is 19.7. The molecule has 0 radical (unpaired) electrons. The van der Waals surface area contributed by atoms with Crippen LogP contribution >= 0.6 is 0 Å². The summed E-state index contributed by atoms with van der Waals surface area (Å²) in [5.74, 6) is -1.24. The Labute approximate surface area is 204 Å². The average molecular weight is 479 g/mol. The van der Waals surface area contributed by atoms with E-state index < -0.39 is 36.2 Å². The van der Waals surface area contributed by atoms with E-state index in [-0.39, 0.29) is 25.7 Å². The molecule has 2 unspecified atom stereocenters. The largest absolute Gasteiger partial charge is 0.480 e. The van der Waals surface area contributed by atoms with Crippen LogP contribution in [0.15, 0.2) is 48.5 Å². The number of benzene rings is 2. The molecule has 8 nitrogen and oxygen atoms in total. The van der Waals surface area contributed by atoms with Gasteiger partial charge in [-0.05, 0) is 41.5 Å². The standard InChI is InChI=1S/C27H30N2O6/c1-16-24(26(31)32)29(12-13-34-16)25(30)23(14-17-10-11-17)28-27(33)35-15-22-20-8-4-2-6-18(20)19-7-3-5-9-21(19)22/h2-9,16-17,22-24H,10-15H2,1H3,(H,28,33)(H,31,32)/t16?,23-,24?/m0/s1. The molecule has 3 atom stereocenters. The zero-order valence-corrected chi connectivity index (χ0v) is 19.7. The molecule has 0 bridgehead atoms. The van der Waals surface area contributed by atoms with Crippen molar-refractivity contribution in [3.8, 4) is 11.1 Å². The minimum absolute atomic E-state index is 0.0813. The zero-order chi connectivity index (χ0) is 24.5. The molecule has 8 heteroatoms. The summed E-state index contributed by atoms with van der Waals surface area (Å²) in [6.07, 6.45) is 1.18. The number of hydrogen-bond acceptors (Lipinski definition) is 5. The quantitative estimate of drug-likeness (QED) is 0.632. The third-order valence-electron chi connectivity index (χ3n) is 7.23. The van der Waals surface area contributed by atoms with Gasteiger partial charge in [0.2, 0.25) is 5.91 Å². The number of nitrogens with zero attached hydrogens (tertiary/aromatic N) is 1. The van der Waals surface area contributed by atoms with Gasteiger partial charge in [0.25, 0.3) is 0 Å². The minimum Gasteiger partial charge on any atom is -0.480 e. The second-order valence-corrected chi connectivity index (χ2v) is 9.59. The van der Waals surface area contributed by atoms with Gasteiger partial charge >= 0.3 is 12.1 Å². The van der Waals surface area contributed by atoms with Crippen LogP contribution in [0.3, 0.4) is 0 Å². The highest BCUT2D eigenvalue weighted by Crippen LogP contribution is 2.44. The molecule has 0 aromatic heterocycles. The van der Waals surface area contributed by atoms with Crippen molar-refractivity contribution in [2.45, 2.75) is 50.3 Å². The fourth-order valence-corrected chi connectivity index (χ4v) is 5.29. The Morgan fingerprint density at radius 2 is 1.71 bits per heavy atom. The van der Waals surface area contributed by atoms with Crippen molar-refractivity contribution in [1.82, 2.24) is 10.2 Å². The smallest absolute Gasteiger partial charge is 0.407 e. The molecule has 1 saturated carbocycles. The second-order valence-electron chi connectivity index (χ2n) is 9.59. The number of aliphatic carboxylic acids is 1. The maximum atomic E-state index is 13.4. The number of alkyl carbamates (subject to hydrolysis) is 1. The van der Waals surface area contributed by atoms with Crippen molar-refractivity contribution < 1.29 is 29.0 Å². The summed E-state index contributed by atoms with van der Waals surface area (Å²) >= 11 is 0. The number of nitrogens with one attached hydrogen (secondary N) is 1. The third-order valence-corrected chi connectivity index (χ3v) is 7.23. The molecule has 184 valence electrons. The summed E-state index contributed by atoms with van der Waals surface area (Å²) < 4.78 is 11.1. The minimum atomic E-state index is -1.11. The van der Waals surface area contributed by atoms with Gasteiger partial charge in [-0.1, -0.05) is 61.4 Å². The van der Waals surface area contributed by atoms with Gasteiger partial charge in [0.15, 0.2) is 6.04 Å². The van der Waals surface area contributed by atoms with E-state index >= 15 is 0 Å². The van der Waals surface area contributed by atoms with Gasteiger partial charge in [0, 0.05) is 12.5 Å². The highest BCUT2D eigenvalue weighted by Gasteiger charge is 2.42. The Morgan fingerprint density at radius 1 is 1.09 bits per heavy atom. The van der Waals surface area contributed by atoms with Crippen LogP contribution in [0.1, 0.15) is 43.2 Å². The predicted molar refractivity (Wildman–Crippen MR) is 128 cm³/mol. The molecule has 2 aromatic carbocycles. The first-order valence-electron chi connectivity index (χ1n) is 12.2. The number of amides is 2. The number of carboxylic acids is 1. The summed E-state index contributed by atoms with van der Waals surface area (Å²) in [5.41, 5.74) is 4.50. The van der Waals surface area contributed by atoms with Crippen LogP contribution in [0.25, 0.3) is 11.1 Å². The molecule has 0 spiro atoms. The number of carbonyl (C=O) groups is 3. The first-order valence-corrected chi connectivity index (χ1v) is 12.2. The Bertz CT molecular complexity index is 1080. The molecule has 35 heavy (non-hydrogen) atoms. The number of ether oxygens (including phenoxy) is 2. The number of rotatable bonds is 7. The Hall–Kier alpha value is -3.39. The molecule has 2 aliphatic carbocycles. The fourth-order valence-electron chi connectivity index (χ4n) is 5.29. The van der Waals surface area contributed by atoms with Gasteiger partial charge in [-0.3, -0.25) is 4.79 Å². The molecule has 2 N–H and O–H groups in total. The molecular weight excluding hydrogens is 448 g/mol. The molecule has 5 rings (SSSR count). The van der Waals surface area contributed by atoms with Crippen LogP contribution < -0.4 is 5.32 Å². The highest BCUT2D eigenvalue weighted by atomic mass is 16.5. The average Bonchev–Trinajstić information content (AvgIpc) is 3.62. The van der Waals surface area contributed by atoms with E-state index in [9.17, 15) is 19.5 Å². The lowest BCUT2D eigenvalue weighted by molar-refractivity contribution is -0.165. The Balaban J connectivity index is 1.28. The van der Waals surface area contributed by atoms with Crippen molar-refractivity contribution in [3.63, 3.8) is 0 Å². The normalized spacial score (nSPS) is 22.1. The van der Waals surface area contributed by atoms with E-state index in [1.54, 1.807) is 6.92 Å². The lowest BCUT2D eigenvalue weighted by atomic mass is 9.98. The van der Waals surface area contributed by atoms with E-state index in [0.717, 1.165) is 35.1 Å². The summed E-state index contributed by atoms with van der Waals surface area (Å²) in [4.78, 5) is 39.4. The van der Waals surface area contributed by atoms with Gasteiger partial charge in [-0.15, -0.1) is 0 Å². The number of carboxylic acid groups (broad SMARTS) is 1. The van der Waals surface area contributed by atoms with Gasteiger partial charge in [-0.2, -0.15) is 0 Å². The van der Waals surface area contributed by atoms with E-state index in [1.807, 2.05) is 36.4 Å². The molecule has 2 amide bonds. The molecule has 3 aliphatic rings. The molecule has 2 fully saturated rings. The van der Waals surface area contributed by atoms with Crippen LogP contribution in [0.5, 0.6) is 0 Å². The van der Waals surface area contributed by atoms with E-state index in [0.29, 0.717) is 12.3 Å². The summed E-state index contributed by atoms with van der Waals surface area (Å²) in [5, 5.41) is 12.4. The number of fused-ring (bicyclic) bond motifs is 3. The molecule has 1 saturated heterocycles. The summed E-state index contributed by atoms with van der Waals surface area (Å²) in [6, 6.07) is 14.3. The Morgan fingerprint density at radius 3 is 2.31 bits per heavy atom. The number of hydrogen-bond donors (Lipinski definition) is 2. The van der Waals surface area contributed by atoms with Crippen LogP contribution in [0, 0.1) is 5.92 Å². The topological polar surface area (TPSA) is 105 Å². The number of morpholine rings is 1. The molecule has 2 aromatic rings. The fraction of sp³-hybridized carbons (Fsp3) is 0.444. The monoisotopic (exact) mass is 478 g/mol.